The van der Waals surface area contributed by atoms with E-state index < -0.39 is 0 Å². The van der Waals surface area contributed by atoms with E-state index in [1.807, 2.05) is 0 Å². The minimum atomic E-state index is 0.207. The predicted octanol–water partition coefficient (Wildman–Crippen LogP) is 1.24. The van der Waals surface area contributed by atoms with E-state index in [0.29, 0.717) is 10.8 Å². The standard InChI is InChI=1S/C5H8N4S3/c6-3(7)1-2-11-5-9-8-4(10)12-5/h1-2H2,(H3,6,7)(H,8,10). The van der Waals surface area contributed by atoms with Gasteiger partial charge in [0.05, 0.1) is 5.84 Å². The van der Waals surface area contributed by atoms with Gasteiger partial charge in [0.1, 0.15) is 0 Å². The van der Waals surface area contributed by atoms with Crippen LogP contribution >= 0.6 is 35.7 Å². The maximum atomic E-state index is 6.98. The summed E-state index contributed by atoms with van der Waals surface area (Å²) in [4.78, 5) is 0. The average Bonchev–Trinajstić information content (AvgIpc) is 2.35. The number of rotatable bonds is 4. The van der Waals surface area contributed by atoms with Crippen LogP contribution in [0.3, 0.4) is 0 Å². The Hall–Kier alpha value is -0.270. The fraction of sp³-hybridized carbons (Fsp3) is 0.400. The summed E-state index contributed by atoms with van der Waals surface area (Å²) < 4.78 is 1.54. The zero-order chi connectivity index (χ0) is 8.97. The van der Waals surface area contributed by atoms with Crippen LogP contribution in [0.5, 0.6) is 0 Å². The van der Waals surface area contributed by atoms with Crippen LogP contribution in [0.4, 0.5) is 0 Å². The summed E-state index contributed by atoms with van der Waals surface area (Å²) in [5.74, 6) is 0.982. The van der Waals surface area contributed by atoms with Crippen LogP contribution in [0.15, 0.2) is 8.68 Å². The van der Waals surface area contributed by atoms with Gasteiger partial charge >= 0.3 is 0 Å². The highest BCUT2D eigenvalue weighted by Crippen LogP contribution is 2.24. The van der Waals surface area contributed by atoms with Gasteiger partial charge in [-0.25, -0.2) is 0 Å². The Kier molecular flexibility index (Phi) is 3.83. The van der Waals surface area contributed by atoms with E-state index in [9.17, 15) is 0 Å². The molecule has 0 spiro atoms. The number of thiol groups is 1. The lowest BCUT2D eigenvalue weighted by Crippen LogP contribution is -2.09. The Morgan fingerprint density at radius 3 is 2.92 bits per heavy atom. The largest absolute Gasteiger partial charge is 0.388 e. The SMILES string of the molecule is N=C(N)CCSc1nnc(S)s1. The summed E-state index contributed by atoms with van der Waals surface area (Å²) in [6, 6.07) is 0. The zero-order valence-electron chi connectivity index (χ0n) is 6.15. The molecule has 0 aliphatic heterocycles. The van der Waals surface area contributed by atoms with E-state index in [1.54, 1.807) is 11.8 Å². The minimum absolute atomic E-state index is 0.207. The van der Waals surface area contributed by atoms with Crippen LogP contribution in [-0.4, -0.2) is 21.8 Å². The molecule has 12 heavy (non-hydrogen) atoms. The second-order valence-corrected chi connectivity index (χ2v) is 5.02. The Bertz CT molecular complexity index is 271. The van der Waals surface area contributed by atoms with Gasteiger partial charge in [0.25, 0.3) is 0 Å². The summed E-state index contributed by atoms with van der Waals surface area (Å²) >= 11 is 7.01. The molecule has 0 unspecified atom stereocenters. The number of amidine groups is 1. The second kappa shape index (κ2) is 4.68. The molecule has 1 rings (SSSR count). The van der Waals surface area contributed by atoms with E-state index in [4.69, 9.17) is 11.1 Å². The first kappa shape index (κ1) is 9.82. The Balaban J connectivity index is 2.29. The molecule has 1 heterocycles. The van der Waals surface area contributed by atoms with Crippen LogP contribution in [-0.2, 0) is 0 Å². The Morgan fingerprint density at radius 1 is 1.67 bits per heavy atom. The zero-order valence-corrected chi connectivity index (χ0v) is 8.68. The van der Waals surface area contributed by atoms with Crippen molar-refractivity contribution in [3.8, 4) is 0 Å². The van der Waals surface area contributed by atoms with Crippen LogP contribution in [0.2, 0.25) is 0 Å². The normalized spacial score (nSPS) is 10.1. The van der Waals surface area contributed by atoms with Gasteiger partial charge in [-0.15, -0.1) is 22.8 Å². The average molecular weight is 220 g/mol. The highest BCUT2D eigenvalue weighted by atomic mass is 32.2. The predicted molar refractivity (Wildman–Crippen MR) is 54.4 cm³/mol. The van der Waals surface area contributed by atoms with Crippen molar-refractivity contribution in [1.29, 1.82) is 5.41 Å². The van der Waals surface area contributed by atoms with Crippen LogP contribution in [0.25, 0.3) is 0 Å². The van der Waals surface area contributed by atoms with Crippen LogP contribution in [0, 0.1) is 5.41 Å². The van der Waals surface area contributed by atoms with E-state index in [-0.39, 0.29) is 5.84 Å². The van der Waals surface area contributed by atoms with E-state index in [2.05, 4.69) is 22.8 Å². The third-order valence-electron chi connectivity index (χ3n) is 0.993. The van der Waals surface area contributed by atoms with Crippen LogP contribution < -0.4 is 5.73 Å². The Morgan fingerprint density at radius 2 is 2.42 bits per heavy atom. The number of nitrogens with one attached hydrogen (secondary N) is 1. The Labute approximate surface area is 83.9 Å². The molecule has 0 atom stereocenters. The molecule has 0 radical (unpaired) electrons. The number of nitrogens with zero attached hydrogens (tertiary/aromatic N) is 2. The van der Waals surface area contributed by atoms with Gasteiger partial charge in [-0.1, -0.05) is 23.1 Å². The molecule has 0 saturated heterocycles. The van der Waals surface area contributed by atoms with Crippen molar-refractivity contribution >= 4 is 41.6 Å². The molecule has 0 aliphatic carbocycles. The first-order valence-corrected chi connectivity index (χ1v) is 5.41. The number of hydrogen-bond donors (Lipinski definition) is 3. The molecule has 0 aliphatic rings. The van der Waals surface area contributed by atoms with Gasteiger partial charge < -0.3 is 5.73 Å². The molecule has 7 heteroatoms. The van der Waals surface area contributed by atoms with Gasteiger partial charge in [0.15, 0.2) is 8.68 Å². The number of thioether (sulfide) groups is 1. The third kappa shape index (κ3) is 3.42. The van der Waals surface area contributed by atoms with E-state index >= 15 is 0 Å². The lowest BCUT2D eigenvalue weighted by molar-refractivity contribution is 0.957. The molecule has 1 aromatic rings. The fourth-order valence-electron chi connectivity index (χ4n) is 0.509. The molecule has 0 amide bonds. The van der Waals surface area contributed by atoms with Gasteiger partial charge in [0.2, 0.25) is 0 Å². The van der Waals surface area contributed by atoms with Gasteiger partial charge in [0, 0.05) is 12.2 Å². The summed E-state index contributed by atoms with van der Waals surface area (Å²) in [5, 5.41) is 14.6. The van der Waals surface area contributed by atoms with Gasteiger partial charge in [-0.05, 0) is 0 Å². The molecular weight excluding hydrogens is 212 g/mol. The van der Waals surface area contributed by atoms with Gasteiger partial charge in [-0.2, -0.15) is 0 Å². The maximum Gasteiger partial charge on any atom is 0.175 e. The fourth-order valence-corrected chi connectivity index (χ4v) is 2.64. The topological polar surface area (TPSA) is 75.7 Å². The lowest BCUT2D eigenvalue weighted by Gasteiger charge is -1.93. The number of aromatic nitrogens is 2. The monoisotopic (exact) mass is 220 g/mol. The summed E-state index contributed by atoms with van der Waals surface area (Å²) in [6.45, 7) is 0. The molecule has 0 bridgehead atoms. The molecule has 4 nitrogen and oxygen atoms in total. The van der Waals surface area contributed by atoms with Crippen molar-refractivity contribution in [2.45, 2.75) is 15.1 Å². The van der Waals surface area contributed by atoms with Crippen molar-refractivity contribution in [1.82, 2.24) is 10.2 Å². The molecule has 66 valence electrons. The highest BCUT2D eigenvalue weighted by Gasteiger charge is 2.01. The smallest absolute Gasteiger partial charge is 0.175 e. The number of nitrogens with two attached hydrogens (primary N) is 1. The van der Waals surface area contributed by atoms with Gasteiger partial charge in [-0.3, -0.25) is 5.41 Å². The third-order valence-corrected chi connectivity index (χ3v) is 3.22. The second-order valence-electron chi connectivity index (χ2n) is 1.97. The van der Waals surface area contributed by atoms with E-state index in [1.165, 1.54) is 11.3 Å². The first-order chi connectivity index (χ1) is 5.68. The first-order valence-electron chi connectivity index (χ1n) is 3.16. The molecule has 3 N–H and O–H groups in total. The summed E-state index contributed by atoms with van der Waals surface area (Å²) in [5.41, 5.74) is 5.18. The van der Waals surface area contributed by atoms with Crippen LogP contribution in [0.1, 0.15) is 6.42 Å². The maximum absolute atomic E-state index is 6.98. The van der Waals surface area contributed by atoms with E-state index in [0.717, 1.165) is 10.1 Å². The molecular formula is C5H8N4S3. The quantitative estimate of drug-likeness (QED) is 0.309. The van der Waals surface area contributed by atoms with Crippen molar-refractivity contribution in [3.05, 3.63) is 0 Å². The van der Waals surface area contributed by atoms with Crippen molar-refractivity contribution in [3.63, 3.8) is 0 Å². The van der Waals surface area contributed by atoms with Crippen molar-refractivity contribution in [2.24, 2.45) is 5.73 Å². The summed E-state index contributed by atoms with van der Waals surface area (Å²) in [6.07, 6.45) is 0.589. The molecule has 0 saturated carbocycles. The summed E-state index contributed by atoms with van der Waals surface area (Å²) in [7, 11) is 0. The number of hydrogen-bond acceptors (Lipinski definition) is 6. The molecule has 1 aromatic heterocycles. The van der Waals surface area contributed by atoms with Crippen molar-refractivity contribution in [2.75, 3.05) is 5.75 Å². The lowest BCUT2D eigenvalue weighted by atomic mass is 10.5. The highest BCUT2D eigenvalue weighted by molar-refractivity contribution is 8.01. The molecule has 0 aromatic carbocycles. The molecule has 0 fully saturated rings. The minimum Gasteiger partial charge on any atom is -0.388 e. The van der Waals surface area contributed by atoms with Crippen molar-refractivity contribution < 1.29 is 0 Å².